The number of carbonyl (C=O) groups is 1. The first-order valence-electron chi connectivity index (χ1n) is 8.13. The van der Waals surface area contributed by atoms with Gasteiger partial charge in [0.05, 0.1) is 11.7 Å². The van der Waals surface area contributed by atoms with Crippen LogP contribution in [0.1, 0.15) is 44.1 Å². The molecule has 2 fully saturated rings. The van der Waals surface area contributed by atoms with Crippen LogP contribution in [-0.4, -0.2) is 29.4 Å². The minimum Gasteiger partial charge on any atom is -0.490 e. The van der Waals surface area contributed by atoms with Crippen molar-refractivity contribution in [3.05, 3.63) is 29.8 Å². The number of para-hydroxylation sites is 1. The van der Waals surface area contributed by atoms with Gasteiger partial charge in [-0.1, -0.05) is 18.2 Å². The number of urea groups is 1. The Kier molecular flexibility index (Phi) is 4.52. The highest BCUT2D eigenvalue weighted by molar-refractivity contribution is 5.74. The molecule has 3 rings (SSSR count). The molecule has 2 saturated carbocycles. The molecule has 0 aromatic heterocycles. The molecule has 0 spiro atoms. The van der Waals surface area contributed by atoms with Gasteiger partial charge in [-0.05, 0) is 44.6 Å². The van der Waals surface area contributed by atoms with E-state index in [0.717, 1.165) is 43.4 Å². The van der Waals surface area contributed by atoms with Crippen molar-refractivity contribution in [3.8, 4) is 5.75 Å². The Morgan fingerprint density at radius 2 is 2.00 bits per heavy atom. The van der Waals surface area contributed by atoms with Crippen molar-refractivity contribution in [1.82, 2.24) is 10.6 Å². The summed E-state index contributed by atoms with van der Waals surface area (Å²) in [4.78, 5) is 11.8. The molecule has 2 aliphatic carbocycles. The molecule has 5 nitrogen and oxygen atoms in total. The van der Waals surface area contributed by atoms with Gasteiger partial charge in [0.1, 0.15) is 5.75 Å². The Morgan fingerprint density at radius 3 is 2.64 bits per heavy atom. The van der Waals surface area contributed by atoms with Gasteiger partial charge in [0.2, 0.25) is 0 Å². The highest BCUT2D eigenvalue weighted by Gasteiger charge is 2.34. The molecule has 0 saturated heterocycles. The molecule has 5 heteroatoms. The lowest BCUT2D eigenvalue weighted by atomic mass is 9.80. The van der Waals surface area contributed by atoms with Crippen molar-refractivity contribution >= 4 is 6.03 Å². The maximum Gasteiger partial charge on any atom is 0.315 e. The molecule has 120 valence electrons. The molecule has 0 bridgehead atoms. The number of benzene rings is 1. The Morgan fingerprint density at radius 1 is 1.23 bits per heavy atom. The van der Waals surface area contributed by atoms with Gasteiger partial charge < -0.3 is 20.5 Å². The van der Waals surface area contributed by atoms with E-state index in [1.165, 1.54) is 6.42 Å². The van der Waals surface area contributed by atoms with Gasteiger partial charge in [-0.2, -0.15) is 0 Å². The first-order valence-corrected chi connectivity index (χ1v) is 8.13. The topological polar surface area (TPSA) is 70.6 Å². The number of hydrogen-bond donors (Lipinski definition) is 3. The number of ether oxygens (including phenoxy) is 1. The normalized spacial score (nSPS) is 19.7. The molecule has 2 amide bonds. The molecule has 0 heterocycles. The molecular formula is C17H24N2O3. The van der Waals surface area contributed by atoms with Crippen LogP contribution in [0.2, 0.25) is 0 Å². The zero-order chi connectivity index (χ0) is 15.4. The number of carbonyl (C=O) groups excluding carboxylic acids is 1. The fourth-order valence-electron chi connectivity index (χ4n) is 2.68. The quantitative estimate of drug-likeness (QED) is 0.755. The lowest BCUT2D eigenvalue weighted by Crippen LogP contribution is -2.50. The van der Waals surface area contributed by atoms with Crippen molar-refractivity contribution in [2.75, 3.05) is 6.54 Å². The Hall–Kier alpha value is -1.75. The minimum absolute atomic E-state index is 0.251. The summed E-state index contributed by atoms with van der Waals surface area (Å²) in [5.74, 6) is 0.852. The average Bonchev–Trinajstić information content (AvgIpc) is 2.45. The van der Waals surface area contributed by atoms with Crippen LogP contribution in [0, 0.1) is 0 Å². The summed E-state index contributed by atoms with van der Waals surface area (Å²) < 4.78 is 5.94. The molecule has 0 unspecified atom stereocenters. The van der Waals surface area contributed by atoms with Crippen molar-refractivity contribution in [2.24, 2.45) is 0 Å². The van der Waals surface area contributed by atoms with Gasteiger partial charge in [-0.15, -0.1) is 0 Å². The lowest BCUT2D eigenvalue weighted by molar-refractivity contribution is -0.0290. The standard InChI is InChI=1S/C17H24N2O3/c20-16(19-12-17(21)9-4-10-17)18-11-13-5-1-2-8-15(13)22-14-6-3-7-14/h1-2,5,8,14,21H,3-4,6-7,9-12H2,(H2,18,19,20). The lowest BCUT2D eigenvalue weighted by Gasteiger charge is -2.36. The van der Waals surface area contributed by atoms with E-state index in [1.54, 1.807) is 0 Å². The molecule has 2 aliphatic rings. The first-order chi connectivity index (χ1) is 10.6. The number of rotatable bonds is 6. The monoisotopic (exact) mass is 304 g/mol. The summed E-state index contributed by atoms with van der Waals surface area (Å²) in [6.07, 6.45) is 6.35. The van der Waals surface area contributed by atoms with Crippen LogP contribution >= 0.6 is 0 Å². The van der Waals surface area contributed by atoms with Gasteiger partial charge in [0.15, 0.2) is 0 Å². The van der Waals surface area contributed by atoms with E-state index < -0.39 is 5.60 Å². The SMILES string of the molecule is O=C(NCc1ccccc1OC1CCC1)NCC1(O)CCC1. The molecule has 3 N–H and O–H groups in total. The second kappa shape index (κ2) is 6.57. The second-order valence-corrected chi connectivity index (χ2v) is 6.39. The Labute approximate surface area is 131 Å². The third kappa shape index (κ3) is 3.71. The molecule has 22 heavy (non-hydrogen) atoms. The van der Waals surface area contributed by atoms with Crippen LogP contribution in [0.25, 0.3) is 0 Å². The van der Waals surface area contributed by atoms with E-state index in [2.05, 4.69) is 10.6 Å². The number of nitrogens with one attached hydrogen (secondary N) is 2. The summed E-state index contributed by atoms with van der Waals surface area (Å²) in [5.41, 5.74) is 0.287. The molecule has 1 aromatic carbocycles. The molecule has 0 aliphatic heterocycles. The van der Waals surface area contributed by atoms with Crippen molar-refractivity contribution < 1.29 is 14.6 Å². The summed E-state index contributed by atoms with van der Waals surface area (Å²) in [6, 6.07) is 7.56. The van der Waals surface area contributed by atoms with Gasteiger partial charge in [-0.3, -0.25) is 0 Å². The predicted molar refractivity (Wildman–Crippen MR) is 83.7 cm³/mol. The zero-order valence-corrected chi connectivity index (χ0v) is 12.8. The first kappa shape index (κ1) is 15.2. The van der Waals surface area contributed by atoms with E-state index in [1.807, 2.05) is 24.3 Å². The molecule has 0 radical (unpaired) electrons. The van der Waals surface area contributed by atoms with Gasteiger partial charge in [-0.25, -0.2) is 4.79 Å². The van der Waals surface area contributed by atoms with Gasteiger partial charge in [0, 0.05) is 18.7 Å². The van der Waals surface area contributed by atoms with E-state index in [-0.39, 0.29) is 6.03 Å². The highest BCUT2D eigenvalue weighted by atomic mass is 16.5. The van der Waals surface area contributed by atoms with Gasteiger partial charge in [0.25, 0.3) is 0 Å². The maximum atomic E-state index is 11.8. The fourth-order valence-corrected chi connectivity index (χ4v) is 2.68. The van der Waals surface area contributed by atoms with Crippen molar-refractivity contribution in [1.29, 1.82) is 0 Å². The summed E-state index contributed by atoms with van der Waals surface area (Å²) in [7, 11) is 0. The van der Waals surface area contributed by atoms with E-state index >= 15 is 0 Å². The predicted octanol–water partition coefficient (Wildman–Crippen LogP) is 2.33. The largest absolute Gasteiger partial charge is 0.490 e. The van der Waals surface area contributed by atoms with E-state index in [4.69, 9.17) is 4.74 Å². The number of amides is 2. The molecular weight excluding hydrogens is 280 g/mol. The van der Waals surface area contributed by atoms with Crippen LogP contribution in [0.4, 0.5) is 4.79 Å². The van der Waals surface area contributed by atoms with Gasteiger partial charge >= 0.3 is 6.03 Å². The van der Waals surface area contributed by atoms with E-state index in [9.17, 15) is 9.90 Å². The van der Waals surface area contributed by atoms with Crippen LogP contribution < -0.4 is 15.4 Å². The summed E-state index contributed by atoms with van der Waals surface area (Å²) in [6.45, 7) is 0.742. The molecule has 0 atom stereocenters. The van der Waals surface area contributed by atoms with Crippen molar-refractivity contribution in [3.63, 3.8) is 0 Å². The fraction of sp³-hybridized carbons (Fsp3) is 0.588. The van der Waals surface area contributed by atoms with Crippen LogP contribution in [0.3, 0.4) is 0 Å². The number of hydrogen-bond acceptors (Lipinski definition) is 3. The summed E-state index contributed by atoms with van der Waals surface area (Å²) in [5, 5.41) is 15.5. The highest BCUT2D eigenvalue weighted by Crippen LogP contribution is 2.30. The Bertz CT molecular complexity index is 524. The second-order valence-electron chi connectivity index (χ2n) is 6.39. The maximum absolute atomic E-state index is 11.8. The molecule has 1 aromatic rings. The van der Waals surface area contributed by atoms with Crippen LogP contribution in [0.15, 0.2) is 24.3 Å². The minimum atomic E-state index is -0.692. The van der Waals surface area contributed by atoms with Crippen molar-refractivity contribution in [2.45, 2.75) is 56.8 Å². The smallest absolute Gasteiger partial charge is 0.315 e. The summed E-state index contributed by atoms with van der Waals surface area (Å²) >= 11 is 0. The average molecular weight is 304 g/mol. The zero-order valence-electron chi connectivity index (χ0n) is 12.8. The van der Waals surface area contributed by atoms with Crippen LogP contribution in [0.5, 0.6) is 5.75 Å². The third-order valence-electron chi connectivity index (χ3n) is 4.62. The van der Waals surface area contributed by atoms with E-state index in [0.29, 0.717) is 19.2 Å². The third-order valence-corrected chi connectivity index (χ3v) is 4.62. The van der Waals surface area contributed by atoms with Crippen LogP contribution in [-0.2, 0) is 6.54 Å². The Balaban J connectivity index is 1.46. The number of aliphatic hydroxyl groups is 1.